The molecule has 0 radical (unpaired) electrons. The number of nitrogens with one attached hydrogen (secondary N) is 1. The highest BCUT2D eigenvalue weighted by molar-refractivity contribution is 7.12. The molecule has 2 aromatic rings. The van der Waals surface area contributed by atoms with Gasteiger partial charge in [-0.1, -0.05) is 19.1 Å². The van der Waals surface area contributed by atoms with Crippen molar-refractivity contribution in [2.24, 2.45) is 0 Å². The summed E-state index contributed by atoms with van der Waals surface area (Å²) >= 11 is 1.84. The van der Waals surface area contributed by atoms with E-state index in [0.717, 1.165) is 18.7 Å². The molecule has 1 aromatic heterocycles. The molecule has 0 aliphatic carbocycles. The Balaban J connectivity index is 1.97. The molecule has 0 aliphatic rings. The summed E-state index contributed by atoms with van der Waals surface area (Å²) in [4.78, 5) is 2.70. The molecule has 0 fully saturated rings. The molecule has 0 bridgehead atoms. The van der Waals surface area contributed by atoms with Gasteiger partial charge in [-0.05, 0) is 44.2 Å². The second kappa shape index (κ2) is 6.73. The number of hydrogen-bond acceptors (Lipinski definition) is 3. The molecule has 0 amide bonds. The molecular formula is C16H21NOS. The monoisotopic (exact) mass is 275 g/mol. The van der Waals surface area contributed by atoms with Gasteiger partial charge in [0.25, 0.3) is 0 Å². The summed E-state index contributed by atoms with van der Waals surface area (Å²) in [5.74, 6) is 0.943. The van der Waals surface area contributed by atoms with Gasteiger partial charge >= 0.3 is 0 Å². The predicted octanol–water partition coefficient (Wildman–Crippen LogP) is 3.92. The van der Waals surface area contributed by atoms with Gasteiger partial charge in [0.05, 0.1) is 0 Å². The van der Waals surface area contributed by atoms with E-state index >= 15 is 0 Å². The van der Waals surface area contributed by atoms with Gasteiger partial charge in [0.15, 0.2) is 0 Å². The molecule has 102 valence electrons. The van der Waals surface area contributed by atoms with Gasteiger partial charge < -0.3 is 10.1 Å². The van der Waals surface area contributed by atoms with Gasteiger partial charge in [-0.15, -0.1) is 11.3 Å². The fourth-order valence-corrected chi connectivity index (χ4v) is 3.03. The van der Waals surface area contributed by atoms with Crippen molar-refractivity contribution in [1.29, 1.82) is 0 Å². The van der Waals surface area contributed by atoms with Crippen molar-refractivity contribution in [3.63, 3.8) is 0 Å². The van der Waals surface area contributed by atoms with Gasteiger partial charge in [0, 0.05) is 21.9 Å². The summed E-state index contributed by atoms with van der Waals surface area (Å²) < 4.78 is 5.85. The van der Waals surface area contributed by atoms with E-state index in [1.165, 1.54) is 20.9 Å². The minimum Gasteiger partial charge on any atom is -0.489 e. The molecule has 1 aromatic carbocycles. The lowest BCUT2D eigenvalue weighted by molar-refractivity contribution is 0.306. The fraction of sp³-hybridized carbons (Fsp3) is 0.375. The topological polar surface area (TPSA) is 21.3 Å². The molecule has 2 nitrogen and oxygen atoms in total. The van der Waals surface area contributed by atoms with E-state index in [1.807, 2.05) is 18.4 Å². The molecule has 2 rings (SSSR count). The average molecular weight is 275 g/mol. The number of hydrogen-bond donors (Lipinski definition) is 1. The Labute approximate surface area is 119 Å². The Morgan fingerprint density at radius 3 is 2.58 bits per heavy atom. The van der Waals surface area contributed by atoms with Gasteiger partial charge in [-0.3, -0.25) is 0 Å². The van der Waals surface area contributed by atoms with Crippen LogP contribution in [0.5, 0.6) is 5.75 Å². The lowest BCUT2D eigenvalue weighted by Gasteiger charge is -2.06. The van der Waals surface area contributed by atoms with Crippen LogP contribution in [0.1, 0.15) is 27.8 Å². The Bertz CT molecular complexity index is 516. The van der Waals surface area contributed by atoms with E-state index in [1.54, 1.807) is 0 Å². The molecule has 19 heavy (non-hydrogen) atoms. The fourth-order valence-electron chi connectivity index (χ4n) is 1.97. The molecule has 1 heterocycles. The molecule has 0 aliphatic heterocycles. The van der Waals surface area contributed by atoms with Crippen molar-refractivity contribution in [3.05, 3.63) is 51.2 Å². The second-order valence-corrected chi connectivity index (χ2v) is 5.95. The van der Waals surface area contributed by atoms with Crippen LogP contribution < -0.4 is 10.1 Å². The maximum atomic E-state index is 5.85. The largest absolute Gasteiger partial charge is 0.489 e. The summed E-state index contributed by atoms with van der Waals surface area (Å²) in [7, 11) is 1.97. The van der Waals surface area contributed by atoms with E-state index < -0.39 is 0 Å². The zero-order valence-corrected chi connectivity index (χ0v) is 12.6. The van der Waals surface area contributed by atoms with E-state index in [4.69, 9.17) is 4.74 Å². The van der Waals surface area contributed by atoms with Gasteiger partial charge in [0.2, 0.25) is 0 Å². The Hall–Kier alpha value is -1.32. The highest BCUT2D eigenvalue weighted by atomic mass is 32.1. The van der Waals surface area contributed by atoms with Crippen molar-refractivity contribution >= 4 is 11.3 Å². The summed E-state index contributed by atoms with van der Waals surface area (Å²) in [5.41, 5.74) is 2.63. The summed E-state index contributed by atoms with van der Waals surface area (Å²) in [6, 6.07) is 10.6. The minimum atomic E-state index is 0.650. The summed E-state index contributed by atoms with van der Waals surface area (Å²) in [6.07, 6.45) is 1.07. The van der Waals surface area contributed by atoms with Crippen molar-refractivity contribution in [2.45, 2.75) is 33.4 Å². The van der Waals surface area contributed by atoms with Crippen LogP contribution in [0.15, 0.2) is 30.3 Å². The smallest absolute Gasteiger partial charge is 0.119 e. The lowest BCUT2D eigenvalue weighted by Crippen LogP contribution is -2.02. The van der Waals surface area contributed by atoms with Crippen LogP contribution in [0.25, 0.3) is 0 Å². The van der Waals surface area contributed by atoms with Gasteiger partial charge in [-0.2, -0.15) is 0 Å². The normalized spacial score (nSPS) is 10.7. The number of thiophene rings is 1. The summed E-state index contributed by atoms with van der Waals surface area (Å²) in [5, 5.41) is 3.18. The first-order chi connectivity index (χ1) is 9.22. The first kappa shape index (κ1) is 14.1. The Kier molecular flexibility index (Phi) is 5.00. The average Bonchev–Trinajstić information content (AvgIpc) is 2.78. The van der Waals surface area contributed by atoms with Crippen LogP contribution in [0.4, 0.5) is 0 Å². The molecular weight excluding hydrogens is 254 g/mol. The standard InChI is InChI=1S/C16H21NOS/c1-4-13-5-7-15(8-6-13)18-11-14-9-16(10-17-3)19-12(14)2/h5-9,17H,4,10-11H2,1-3H3. The molecule has 3 heteroatoms. The van der Waals surface area contributed by atoms with Crippen molar-refractivity contribution in [3.8, 4) is 5.75 Å². The van der Waals surface area contributed by atoms with Gasteiger partial charge in [-0.25, -0.2) is 0 Å². The zero-order valence-electron chi connectivity index (χ0n) is 11.8. The van der Waals surface area contributed by atoms with E-state index in [2.05, 4.69) is 49.5 Å². The summed E-state index contributed by atoms with van der Waals surface area (Å²) in [6.45, 7) is 5.89. The van der Waals surface area contributed by atoms with Crippen molar-refractivity contribution in [2.75, 3.05) is 7.05 Å². The first-order valence-electron chi connectivity index (χ1n) is 6.67. The van der Waals surface area contributed by atoms with E-state index in [-0.39, 0.29) is 0 Å². The lowest BCUT2D eigenvalue weighted by atomic mass is 10.2. The van der Waals surface area contributed by atoms with Crippen molar-refractivity contribution in [1.82, 2.24) is 5.32 Å². The Morgan fingerprint density at radius 2 is 1.95 bits per heavy atom. The molecule has 0 saturated heterocycles. The van der Waals surface area contributed by atoms with Crippen LogP contribution >= 0.6 is 11.3 Å². The number of ether oxygens (including phenoxy) is 1. The van der Waals surface area contributed by atoms with Crippen LogP contribution in [0.3, 0.4) is 0 Å². The van der Waals surface area contributed by atoms with Crippen LogP contribution in [0.2, 0.25) is 0 Å². The van der Waals surface area contributed by atoms with Crippen LogP contribution in [-0.2, 0) is 19.6 Å². The number of aryl methyl sites for hydroxylation is 2. The third kappa shape index (κ3) is 3.82. The highest BCUT2D eigenvalue weighted by Gasteiger charge is 2.05. The molecule has 0 atom stereocenters. The minimum absolute atomic E-state index is 0.650. The van der Waals surface area contributed by atoms with Crippen LogP contribution in [-0.4, -0.2) is 7.05 Å². The maximum Gasteiger partial charge on any atom is 0.119 e. The maximum absolute atomic E-state index is 5.85. The first-order valence-corrected chi connectivity index (χ1v) is 7.49. The SMILES string of the molecule is CCc1ccc(OCc2cc(CNC)sc2C)cc1. The zero-order chi connectivity index (χ0) is 13.7. The molecule has 0 unspecified atom stereocenters. The number of rotatable bonds is 6. The van der Waals surface area contributed by atoms with E-state index in [0.29, 0.717) is 6.61 Å². The molecule has 1 N–H and O–H groups in total. The number of benzene rings is 1. The molecule has 0 spiro atoms. The van der Waals surface area contributed by atoms with E-state index in [9.17, 15) is 0 Å². The van der Waals surface area contributed by atoms with Crippen molar-refractivity contribution < 1.29 is 4.74 Å². The second-order valence-electron chi connectivity index (χ2n) is 4.61. The highest BCUT2D eigenvalue weighted by Crippen LogP contribution is 2.23. The predicted molar refractivity (Wildman–Crippen MR) is 82.0 cm³/mol. The van der Waals surface area contributed by atoms with Gasteiger partial charge in [0.1, 0.15) is 12.4 Å². The Morgan fingerprint density at radius 1 is 1.21 bits per heavy atom. The quantitative estimate of drug-likeness (QED) is 0.863. The van der Waals surface area contributed by atoms with Crippen LogP contribution in [0, 0.1) is 6.92 Å². The third-order valence-electron chi connectivity index (χ3n) is 3.15. The molecule has 0 saturated carbocycles. The third-order valence-corrected chi connectivity index (χ3v) is 4.24.